The molecule has 1 N–H and O–H groups in total. The van der Waals surface area contributed by atoms with E-state index in [4.69, 9.17) is 4.52 Å². The molecule has 1 aromatic carbocycles. The van der Waals surface area contributed by atoms with Gasteiger partial charge in [-0.1, -0.05) is 31.1 Å². The van der Waals surface area contributed by atoms with Gasteiger partial charge in [-0.05, 0) is 42.3 Å². The molecule has 0 saturated carbocycles. The summed E-state index contributed by atoms with van der Waals surface area (Å²) in [5.41, 5.74) is 3.16. The maximum atomic E-state index is 5.36. The quantitative estimate of drug-likeness (QED) is 0.525. The molecule has 0 amide bonds. The highest BCUT2D eigenvalue weighted by atomic mass is 16.5. The van der Waals surface area contributed by atoms with Gasteiger partial charge in [0.2, 0.25) is 0 Å². The van der Waals surface area contributed by atoms with Crippen LogP contribution in [0.15, 0.2) is 65.6 Å². The van der Waals surface area contributed by atoms with Crippen LogP contribution in [0.4, 0.5) is 5.82 Å². The molecular formula is C21H22N6O. The van der Waals surface area contributed by atoms with E-state index in [2.05, 4.69) is 49.8 Å². The van der Waals surface area contributed by atoms with Crippen LogP contribution in [0.3, 0.4) is 0 Å². The molecule has 0 bridgehead atoms. The number of anilines is 1. The Balaban J connectivity index is 1.36. The first-order valence-electron chi connectivity index (χ1n) is 9.32. The summed E-state index contributed by atoms with van der Waals surface area (Å²) in [5.74, 6) is 2.25. The van der Waals surface area contributed by atoms with Crippen molar-refractivity contribution in [1.29, 1.82) is 0 Å². The largest absolute Gasteiger partial charge is 0.370 e. The van der Waals surface area contributed by atoms with Crippen molar-refractivity contribution in [1.82, 2.24) is 24.9 Å². The van der Waals surface area contributed by atoms with E-state index in [9.17, 15) is 0 Å². The second-order valence-corrected chi connectivity index (χ2v) is 6.84. The van der Waals surface area contributed by atoms with Crippen molar-refractivity contribution in [2.45, 2.75) is 26.2 Å². The number of nitrogens with zero attached hydrogens (tertiary/aromatic N) is 5. The van der Waals surface area contributed by atoms with Gasteiger partial charge >= 0.3 is 0 Å². The SMILES string of the molecule is CC(C)c1noc(-c2ccnc(NCCc3ccc(-n4cccn4)cc3)c2)n1. The Kier molecular flexibility index (Phi) is 5.14. The van der Waals surface area contributed by atoms with Crippen molar-refractivity contribution in [2.24, 2.45) is 0 Å². The number of nitrogens with one attached hydrogen (secondary N) is 1. The zero-order chi connectivity index (χ0) is 19.3. The number of pyridine rings is 1. The molecule has 0 aliphatic carbocycles. The Morgan fingerprint density at radius 3 is 2.68 bits per heavy atom. The minimum absolute atomic E-state index is 0.233. The lowest BCUT2D eigenvalue weighted by Gasteiger charge is -2.07. The van der Waals surface area contributed by atoms with Crippen molar-refractivity contribution in [3.8, 4) is 17.1 Å². The molecule has 142 valence electrons. The van der Waals surface area contributed by atoms with Crippen LogP contribution in [0.5, 0.6) is 0 Å². The van der Waals surface area contributed by atoms with Gasteiger partial charge in [0.25, 0.3) is 5.89 Å². The van der Waals surface area contributed by atoms with E-state index in [0.29, 0.717) is 11.7 Å². The Bertz CT molecular complexity index is 1020. The van der Waals surface area contributed by atoms with Gasteiger partial charge in [0, 0.05) is 36.6 Å². The normalized spacial score (nSPS) is 11.1. The van der Waals surface area contributed by atoms with Crippen molar-refractivity contribution >= 4 is 5.82 Å². The van der Waals surface area contributed by atoms with Gasteiger partial charge in [-0.15, -0.1) is 0 Å². The summed E-state index contributed by atoms with van der Waals surface area (Å²) in [5, 5.41) is 11.6. The van der Waals surface area contributed by atoms with E-state index in [-0.39, 0.29) is 5.92 Å². The molecule has 3 heterocycles. The number of benzene rings is 1. The number of rotatable bonds is 7. The zero-order valence-corrected chi connectivity index (χ0v) is 15.9. The molecule has 0 fully saturated rings. The van der Waals surface area contributed by atoms with Crippen LogP contribution in [-0.2, 0) is 6.42 Å². The van der Waals surface area contributed by atoms with Crippen LogP contribution in [0, 0.1) is 0 Å². The third kappa shape index (κ3) is 4.09. The Hall–Kier alpha value is -3.48. The van der Waals surface area contributed by atoms with E-state index < -0.39 is 0 Å². The van der Waals surface area contributed by atoms with Crippen LogP contribution in [-0.4, -0.2) is 31.4 Å². The number of aromatic nitrogens is 5. The minimum Gasteiger partial charge on any atom is -0.370 e. The third-order valence-electron chi connectivity index (χ3n) is 4.39. The molecule has 3 aromatic heterocycles. The first kappa shape index (κ1) is 17.9. The summed E-state index contributed by atoms with van der Waals surface area (Å²) < 4.78 is 7.21. The molecule has 7 nitrogen and oxygen atoms in total. The number of hydrogen-bond donors (Lipinski definition) is 1. The predicted molar refractivity (Wildman–Crippen MR) is 107 cm³/mol. The monoisotopic (exact) mass is 374 g/mol. The Morgan fingerprint density at radius 2 is 1.96 bits per heavy atom. The van der Waals surface area contributed by atoms with Gasteiger partial charge in [0.15, 0.2) is 5.82 Å². The van der Waals surface area contributed by atoms with Gasteiger partial charge in [-0.25, -0.2) is 9.67 Å². The molecule has 0 spiro atoms. The molecular weight excluding hydrogens is 352 g/mol. The zero-order valence-electron chi connectivity index (χ0n) is 15.9. The lowest BCUT2D eigenvalue weighted by Crippen LogP contribution is -2.06. The molecule has 4 rings (SSSR count). The van der Waals surface area contributed by atoms with Crippen molar-refractivity contribution in [2.75, 3.05) is 11.9 Å². The molecule has 28 heavy (non-hydrogen) atoms. The molecule has 7 heteroatoms. The van der Waals surface area contributed by atoms with Crippen molar-refractivity contribution < 1.29 is 4.52 Å². The summed E-state index contributed by atoms with van der Waals surface area (Å²) in [6.07, 6.45) is 6.35. The van der Waals surface area contributed by atoms with Gasteiger partial charge in [-0.2, -0.15) is 10.1 Å². The summed E-state index contributed by atoms with van der Waals surface area (Å²) in [7, 11) is 0. The van der Waals surface area contributed by atoms with Crippen molar-refractivity contribution in [3.05, 3.63) is 72.4 Å². The fourth-order valence-electron chi connectivity index (χ4n) is 2.82. The molecule has 0 aliphatic heterocycles. The highest BCUT2D eigenvalue weighted by Gasteiger charge is 2.12. The molecule has 0 atom stereocenters. The summed E-state index contributed by atoms with van der Waals surface area (Å²) in [6.45, 7) is 4.85. The fourth-order valence-corrected chi connectivity index (χ4v) is 2.82. The molecule has 0 aliphatic rings. The second kappa shape index (κ2) is 8.04. The van der Waals surface area contributed by atoms with Crippen LogP contribution in [0.1, 0.15) is 31.2 Å². The van der Waals surface area contributed by atoms with E-state index in [1.165, 1.54) is 5.56 Å². The smallest absolute Gasteiger partial charge is 0.258 e. The topological polar surface area (TPSA) is 81.7 Å². The van der Waals surface area contributed by atoms with E-state index >= 15 is 0 Å². The van der Waals surface area contributed by atoms with Crippen LogP contribution < -0.4 is 5.32 Å². The van der Waals surface area contributed by atoms with E-state index in [1.807, 2.05) is 42.9 Å². The van der Waals surface area contributed by atoms with Gasteiger partial charge in [0.05, 0.1) is 5.69 Å². The van der Waals surface area contributed by atoms with Gasteiger partial charge in [-0.3, -0.25) is 0 Å². The maximum absolute atomic E-state index is 5.36. The highest BCUT2D eigenvalue weighted by Crippen LogP contribution is 2.21. The first-order chi connectivity index (χ1) is 13.7. The molecule has 0 radical (unpaired) electrons. The maximum Gasteiger partial charge on any atom is 0.258 e. The van der Waals surface area contributed by atoms with Crippen LogP contribution in [0.25, 0.3) is 17.1 Å². The first-order valence-corrected chi connectivity index (χ1v) is 9.32. The predicted octanol–water partition coefficient (Wildman–Crippen LogP) is 4.10. The fraction of sp³-hybridized carbons (Fsp3) is 0.238. The van der Waals surface area contributed by atoms with Crippen molar-refractivity contribution in [3.63, 3.8) is 0 Å². The highest BCUT2D eigenvalue weighted by molar-refractivity contribution is 5.57. The Labute approximate surface area is 163 Å². The third-order valence-corrected chi connectivity index (χ3v) is 4.39. The summed E-state index contributed by atoms with van der Waals surface area (Å²) >= 11 is 0. The van der Waals surface area contributed by atoms with E-state index in [1.54, 1.807) is 12.4 Å². The summed E-state index contributed by atoms with van der Waals surface area (Å²) in [6, 6.07) is 14.1. The standard InChI is InChI=1S/C21H22N6O/c1-15(2)20-25-21(28-26-20)17-9-12-23-19(14-17)22-11-8-16-4-6-18(7-5-16)27-13-3-10-24-27/h3-7,9-10,12-15H,8,11H2,1-2H3,(H,22,23). The van der Waals surface area contributed by atoms with Crippen LogP contribution >= 0.6 is 0 Å². The lowest BCUT2D eigenvalue weighted by atomic mass is 10.1. The molecule has 0 saturated heterocycles. The summed E-state index contributed by atoms with van der Waals surface area (Å²) in [4.78, 5) is 8.81. The average Bonchev–Trinajstić information content (AvgIpc) is 3.41. The Morgan fingerprint density at radius 1 is 1.11 bits per heavy atom. The van der Waals surface area contributed by atoms with E-state index in [0.717, 1.165) is 30.0 Å². The number of hydrogen-bond acceptors (Lipinski definition) is 6. The lowest BCUT2D eigenvalue weighted by molar-refractivity contribution is 0.419. The van der Waals surface area contributed by atoms with Gasteiger partial charge in [0.1, 0.15) is 5.82 Å². The minimum atomic E-state index is 0.233. The van der Waals surface area contributed by atoms with Crippen LogP contribution in [0.2, 0.25) is 0 Å². The molecule has 4 aromatic rings. The molecule has 0 unspecified atom stereocenters. The average molecular weight is 374 g/mol. The van der Waals surface area contributed by atoms with Gasteiger partial charge < -0.3 is 9.84 Å². The second-order valence-electron chi connectivity index (χ2n) is 6.84.